The van der Waals surface area contributed by atoms with Crippen molar-refractivity contribution in [3.8, 4) is 0 Å². The number of pyridine rings is 1. The normalized spacial score (nSPS) is 15.6. The molecule has 2 aromatic rings. The molecular formula is C18H22N4O2S. The monoisotopic (exact) mass is 358 g/mol. The molecule has 2 aromatic heterocycles. The average molecular weight is 358 g/mol. The number of hydrogen-bond acceptors (Lipinski definition) is 5. The minimum absolute atomic E-state index is 0.0235. The Morgan fingerprint density at radius 2 is 2.04 bits per heavy atom. The second-order valence-corrected chi connectivity index (χ2v) is 6.94. The van der Waals surface area contributed by atoms with Gasteiger partial charge in [-0.15, -0.1) is 11.3 Å². The van der Waals surface area contributed by atoms with E-state index < -0.39 is 0 Å². The first kappa shape index (κ1) is 17.6. The lowest BCUT2D eigenvalue weighted by Crippen LogP contribution is -2.41. The van der Waals surface area contributed by atoms with Gasteiger partial charge in [-0.05, 0) is 30.0 Å². The Morgan fingerprint density at radius 3 is 2.80 bits per heavy atom. The summed E-state index contributed by atoms with van der Waals surface area (Å²) in [5, 5.41) is 4.56. The fourth-order valence-corrected chi connectivity index (χ4v) is 3.50. The summed E-state index contributed by atoms with van der Waals surface area (Å²) in [7, 11) is 0. The van der Waals surface area contributed by atoms with E-state index in [4.69, 9.17) is 0 Å². The topological polar surface area (TPSA) is 65.5 Å². The zero-order valence-corrected chi connectivity index (χ0v) is 14.9. The summed E-state index contributed by atoms with van der Waals surface area (Å²) in [6.07, 6.45) is 2.73. The summed E-state index contributed by atoms with van der Waals surface area (Å²) in [4.78, 5) is 33.5. The van der Waals surface area contributed by atoms with Crippen LogP contribution in [-0.4, -0.2) is 59.3 Å². The molecule has 0 aliphatic carbocycles. The van der Waals surface area contributed by atoms with Crippen LogP contribution < -0.4 is 5.32 Å². The standard InChI is InChI=1S/C18H22N4O2S/c23-17(13-20-18(24)16-6-3-12-25-16)22-9-4-8-21(10-11-22)14-15-5-1-2-7-19-15/h1-3,5-7,12H,4,8-11,13-14H2,(H,20,24). The zero-order valence-electron chi connectivity index (χ0n) is 14.1. The lowest BCUT2D eigenvalue weighted by molar-refractivity contribution is -0.130. The Labute approximate surface area is 151 Å². The molecule has 0 aromatic carbocycles. The lowest BCUT2D eigenvalue weighted by Gasteiger charge is -2.22. The van der Waals surface area contributed by atoms with E-state index in [2.05, 4.69) is 15.2 Å². The van der Waals surface area contributed by atoms with Crippen molar-refractivity contribution >= 4 is 23.2 Å². The van der Waals surface area contributed by atoms with Crippen molar-refractivity contribution in [2.24, 2.45) is 0 Å². The smallest absolute Gasteiger partial charge is 0.261 e. The van der Waals surface area contributed by atoms with Crippen molar-refractivity contribution in [3.05, 3.63) is 52.5 Å². The fraction of sp³-hybridized carbons (Fsp3) is 0.389. The molecule has 1 aliphatic heterocycles. The third kappa shape index (κ3) is 5.11. The zero-order chi connectivity index (χ0) is 17.5. The molecule has 1 saturated heterocycles. The van der Waals surface area contributed by atoms with Gasteiger partial charge in [0.25, 0.3) is 5.91 Å². The molecule has 0 atom stereocenters. The first-order valence-electron chi connectivity index (χ1n) is 8.44. The van der Waals surface area contributed by atoms with Crippen molar-refractivity contribution in [1.82, 2.24) is 20.1 Å². The van der Waals surface area contributed by atoms with Gasteiger partial charge in [-0.3, -0.25) is 19.5 Å². The van der Waals surface area contributed by atoms with Gasteiger partial charge in [-0.25, -0.2) is 0 Å². The van der Waals surface area contributed by atoms with Gasteiger partial charge in [-0.2, -0.15) is 0 Å². The molecule has 0 unspecified atom stereocenters. The second-order valence-electron chi connectivity index (χ2n) is 5.99. The molecule has 1 N–H and O–H groups in total. The molecule has 132 valence electrons. The molecule has 25 heavy (non-hydrogen) atoms. The fourth-order valence-electron chi connectivity index (χ4n) is 2.86. The number of carbonyl (C=O) groups excluding carboxylic acids is 2. The maximum Gasteiger partial charge on any atom is 0.261 e. The van der Waals surface area contributed by atoms with E-state index in [-0.39, 0.29) is 18.4 Å². The van der Waals surface area contributed by atoms with Crippen molar-refractivity contribution in [1.29, 1.82) is 0 Å². The highest BCUT2D eigenvalue weighted by Crippen LogP contribution is 2.09. The van der Waals surface area contributed by atoms with E-state index in [0.29, 0.717) is 11.4 Å². The Kier molecular flexibility index (Phi) is 6.14. The third-order valence-electron chi connectivity index (χ3n) is 4.20. The molecule has 0 radical (unpaired) electrons. The first-order valence-corrected chi connectivity index (χ1v) is 9.32. The number of thiophene rings is 1. The van der Waals surface area contributed by atoms with Gasteiger partial charge in [0.15, 0.2) is 0 Å². The number of amides is 2. The van der Waals surface area contributed by atoms with Crippen molar-refractivity contribution in [2.45, 2.75) is 13.0 Å². The lowest BCUT2D eigenvalue weighted by atomic mass is 10.3. The predicted octanol–water partition coefficient (Wildman–Crippen LogP) is 1.61. The van der Waals surface area contributed by atoms with Gasteiger partial charge in [0.2, 0.25) is 5.91 Å². The van der Waals surface area contributed by atoms with Crippen LogP contribution in [-0.2, 0) is 11.3 Å². The van der Waals surface area contributed by atoms with E-state index >= 15 is 0 Å². The Morgan fingerprint density at radius 1 is 1.12 bits per heavy atom. The van der Waals surface area contributed by atoms with Crippen molar-refractivity contribution < 1.29 is 9.59 Å². The molecule has 0 saturated carbocycles. The summed E-state index contributed by atoms with van der Waals surface area (Å²) in [5.74, 6) is -0.209. The van der Waals surface area contributed by atoms with Crippen LogP contribution in [0.1, 0.15) is 21.8 Å². The van der Waals surface area contributed by atoms with E-state index in [9.17, 15) is 9.59 Å². The van der Waals surface area contributed by atoms with Crippen LogP contribution in [0.4, 0.5) is 0 Å². The Balaban J connectivity index is 1.45. The summed E-state index contributed by atoms with van der Waals surface area (Å²) >= 11 is 1.37. The highest BCUT2D eigenvalue weighted by Gasteiger charge is 2.20. The summed E-state index contributed by atoms with van der Waals surface area (Å²) in [6.45, 7) is 4.03. The van der Waals surface area contributed by atoms with Gasteiger partial charge in [0.1, 0.15) is 0 Å². The molecule has 0 bridgehead atoms. The maximum absolute atomic E-state index is 12.4. The molecular weight excluding hydrogens is 336 g/mol. The number of carbonyl (C=O) groups is 2. The van der Waals surface area contributed by atoms with Crippen molar-refractivity contribution in [2.75, 3.05) is 32.7 Å². The molecule has 1 fully saturated rings. The van der Waals surface area contributed by atoms with E-state index in [1.54, 1.807) is 12.3 Å². The number of nitrogens with one attached hydrogen (secondary N) is 1. The van der Waals surface area contributed by atoms with Crippen LogP contribution in [0.25, 0.3) is 0 Å². The summed E-state index contributed by atoms with van der Waals surface area (Å²) < 4.78 is 0. The SMILES string of the molecule is O=C(NCC(=O)N1CCCN(Cc2ccccn2)CC1)c1cccs1. The highest BCUT2D eigenvalue weighted by atomic mass is 32.1. The van der Waals surface area contributed by atoms with Crippen LogP contribution in [0.15, 0.2) is 41.9 Å². The Hall–Kier alpha value is -2.25. The van der Waals surface area contributed by atoms with Crippen LogP contribution in [0.2, 0.25) is 0 Å². The minimum Gasteiger partial charge on any atom is -0.342 e. The first-order chi connectivity index (χ1) is 12.2. The van der Waals surface area contributed by atoms with Gasteiger partial charge < -0.3 is 10.2 Å². The number of hydrogen-bond donors (Lipinski definition) is 1. The second kappa shape index (κ2) is 8.73. The number of nitrogens with zero attached hydrogens (tertiary/aromatic N) is 3. The maximum atomic E-state index is 12.4. The van der Waals surface area contributed by atoms with Gasteiger partial charge >= 0.3 is 0 Å². The van der Waals surface area contributed by atoms with Gasteiger partial charge in [-0.1, -0.05) is 12.1 Å². The molecule has 0 spiro atoms. The molecule has 3 heterocycles. The molecule has 3 rings (SSSR count). The third-order valence-corrected chi connectivity index (χ3v) is 5.07. The van der Waals surface area contributed by atoms with Gasteiger partial charge in [0.05, 0.1) is 17.1 Å². The molecule has 1 aliphatic rings. The van der Waals surface area contributed by atoms with Crippen LogP contribution in [0.3, 0.4) is 0 Å². The quantitative estimate of drug-likeness (QED) is 0.882. The molecule has 7 heteroatoms. The largest absolute Gasteiger partial charge is 0.342 e. The molecule has 2 amide bonds. The predicted molar refractivity (Wildman–Crippen MR) is 97.4 cm³/mol. The van der Waals surface area contributed by atoms with Crippen LogP contribution >= 0.6 is 11.3 Å². The summed E-state index contributed by atoms with van der Waals surface area (Å²) in [5.41, 5.74) is 1.05. The van der Waals surface area contributed by atoms with Crippen molar-refractivity contribution in [3.63, 3.8) is 0 Å². The van der Waals surface area contributed by atoms with Crippen LogP contribution in [0.5, 0.6) is 0 Å². The van der Waals surface area contributed by atoms with Gasteiger partial charge in [0, 0.05) is 38.9 Å². The summed E-state index contributed by atoms with van der Waals surface area (Å²) in [6, 6.07) is 9.51. The minimum atomic E-state index is -0.185. The highest BCUT2D eigenvalue weighted by molar-refractivity contribution is 7.12. The van der Waals surface area contributed by atoms with E-state index in [1.165, 1.54) is 11.3 Å². The van der Waals surface area contributed by atoms with Crippen LogP contribution in [0, 0.1) is 0 Å². The Bertz CT molecular complexity index is 690. The van der Waals surface area contributed by atoms with E-state index in [0.717, 1.165) is 38.3 Å². The average Bonchev–Trinajstić information content (AvgIpc) is 3.08. The molecule has 6 nitrogen and oxygen atoms in total. The number of aromatic nitrogens is 1. The van der Waals surface area contributed by atoms with E-state index in [1.807, 2.05) is 34.5 Å². The number of rotatable bonds is 5.